The number of rotatable bonds is 10. The number of hydrogen-bond donors (Lipinski definition) is 2. The molecule has 166 valence electrons. The van der Waals surface area contributed by atoms with Gasteiger partial charge in [0, 0.05) is 45.8 Å². The van der Waals surface area contributed by atoms with E-state index in [2.05, 4.69) is 5.43 Å². The maximum atomic E-state index is 12.5. The Morgan fingerprint density at radius 3 is 2.34 bits per heavy atom. The summed E-state index contributed by atoms with van der Waals surface area (Å²) in [5, 5.41) is 0. The zero-order chi connectivity index (χ0) is 22.0. The van der Waals surface area contributed by atoms with E-state index in [-0.39, 0.29) is 41.6 Å². The molecular formula is C20H36N4O5. The minimum Gasteiger partial charge on any atom is -0.464 e. The van der Waals surface area contributed by atoms with E-state index in [9.17, 15) is 19.2 Å². The first-order valence-electron chi connectivity index (χ1n) is 10.2. The summed E-state index contributed by atoms with van der Waals surface area (Å²) in [6, 6.07) is -0.205. The van der Waals surface area contributed by atoms with Crippen LogP contribution in [0, 0.1) is 5.41 Å². The highest BCUT2D eigenvalue weighted by molar-refractivity contribution is 5.81. The van der Waals surface area contributed by atoms with Gasteiger partial charge in [-0.2, -0.15) is 0 Å². The van der Waals surface area contributed by atoms with E-state index in [1.165, 1.54) is 6.92 Å². The number of ether oxygens (including phenoxy) is 1. The van der Waals surface area contributed by atoms with Crippen LogP contribution < -0.4 is 11.3 Å². The van der Waals surface area contributed by atoms with Gasteiger partial charge in [-0.05, 0) is 18.3 Å². The molecule has 0 aromatic rings. The molecule has 1 fully saturated rings. The molecule has 0 spiro atoms. The van der Waals surface area contributed by atoms with Crippen molar-refractivity contribution in [1.29, 1.82) is 0 Å². The van der Waals surface area contributed by atoms with Crippen LogP contribution in [0.4, 0.5) is 0 Å². The van der Waals surface area contributed by atoms with Gasteiger partial charge in [0.25, 0.3) is 0 Å². The molecule has 1 heterocycles. The van der Waals surface area contributed by atoms with Crippen molar-refractivity contribution in [2.24, 2.45) is 11.3 Å². The molecule has 1 atom stereocenters. The van der Waals surface area contributed by atoms with Gasteiger partial charge in [-0.25, -0.2) is 5.84 Å². The second kappa shape index (κ2) is 11.9. The molecule has 0 aliphatic carbocycles. The molecule has 9 nitrogen and oxygen atoms in total. The van der Waals surface area contributed by atoms with Crippen LogP contribution in [0.2, 0.25) is 0 Å². The number of piperazine rings is 1. The average molecular weight is 413 g/mol. The van der Waals surface area contributed by atoms with Crippen LogP contribution in [0.25, 0.3) is 0 Å². The van der Waals surface area contributed by atoms with Crippen molar-refractivity contribution in [3.8, 4) is 0 Å². The third-order valence-electron chi connectivity index (χ3n) is 4.75. The summed E-state index contributed by atoms with van der Waals surface area (Å²) < 4.78 is 5.17. The van der Waals surface area contributed by atoms with Crippen molar-refractivity contribution in [2.75, 3.05) is 32.8 Å². The van der Waals surface area contributed by atoms with E-state index >= 15 is 0 Å². The number of esters is 1. The van der Waals surface area contributed by atoms with Gasteiger partial charge >= 0.3 is 5.97 Å². The Morgan fingerprint density at radius 1 is 1.10 bits per heavy atom. The molecule has 0 aromatic heterocycles. The first-order chi connectivity index (χ1) is 13.5. The lowest BCUT2D eigenvalue weighted by Crippen LogP contribution is -2.57. The van der Waals surface area contributed by atoms with Crippen molar-refractivity contribution in [3.05, 3.63) is 0 Å². The number of hydrogen-bond acceptors (Lipinski definition) is 7. The number of nitrogens with one attached hydrogen (secondary N) is 1. The second-order valence-electron chi connectivity index (χ2n) is 8.82. The predicted octanol–water partition coefficient (Wildman–Crippen LogP) is 0.618. The van der Waals surface area contributed by atoms with Crippen LogP contribution >= 0.6 is 0 Å². The molecule has 0 radical (unpaired) electrons. The molecule has 29 heavy (non-hydrogen) atoms. The number of nitrogens with zero attached hydrogens (tertiary/aromatic N) is 2. The maximum Gasteiger partial charge on any atom is 0.302 e. The highest BCUT2D eigenvalue weighted by atomic mass is 16.5. The molecule has 1 rings (SSSR count). The summed E-state index contributed by atoms with van der Waals surface area (Å²) >= 11 is 0. The van der Waals surface area contributed by atoms with Gasteiger partial charge in [0.1, 0.15) is 12.4 Å². The van der Waals surface area contributed by atoms with Crippen LogP contribution in [-0.4, -0.2) is 72.2 Å². The normalized spacial score (nSPS) is 17.7. The topological polar surface area (TPSA) is 122 Å². The molecule has 1 unspecified atom stereocenters. The number of nitrogens with two attached hydrogens (primary N) is 1. The molecular weight excluding hydrogens is 376 g/mol. The third kappa shape index (κ3) is 10.4. The van der Waals surface area contributed by atoms with Crippen LogP contribution in [0.3, 0.4) is 0 Å². The summed E-state index contributed by atoms with van der Waals surface area (Å²) in [6.45, 7) is 9.36. The monoisotopic (exact) mass is 412 g/mol. The number of hydrazine groups is 1. The summed E-state index contributed by atoms with van der Waals surface area (Å²) in [5.41, 5.74) is 1.99. The van der Waals surface area contributed by atoms with E-state index in [4.69, 9.17) is 10.6 Å². The molecule has 0 saturated carbocycles. The first kappa shape index (κ1) is 25.0. The third-order valence-corrected chi connectivity index (χ3v) is 4.75. The van der Waals surface area contributed by atoms with Gasteiger partial charge in [0.2, 0.25) is 11.8 Å². The Hall–Kier alpha value is -2.00. The standard InChI is InChI=1S/C20H36N4O5/c1-15(25)29-14-16-12-24(19(28)8-6-5-7-18(27)22-21)10-9-23(16)13-17(26)11-20(2,3)4/h16H,5-14,21H2,1-4H3,(H,22,27). The van der Waals surface area contributed by atoms with E-state index in [1.54, 1.807) is 4.90 Å². The largest absolute Gasteiger partial charge is 0.464 e. The van der Waals surface area contributed by atoms with Crippen LogP contribution in [-0.2, 0) is 23.9 Å². The Balaban J connectivity index is 2.59. The zero-order valence-corrected chi connectivity index (χ0v) is 18.2. The first-order valence-corrected chi connectivity index (χ1v) is 10.2. The average Bonchev–Trinajstić information content (AvgIpc) is 2.62. The molecule has 2 amide bonds. The summed E-state index contributed by atoms with van der Waals surface area (Å²) in [5.74, 6) is 4.56. The van der Waals surface area contributed by atoms with Crippen molar-refractivity contribution in [2.45, 2.75) is 65.8 Å². The Kier molecular flexibility index (Phi) is 10.2. The quantitative estimate of drug-likeness (QED) is 0.177. The Morgan fingerprint density at radius 2 is 1.76 bits per heavy atom. The van der Waals surface area contributed by atoms with Gasteiger partial charge in [-0.15, -0.1) is 0 Å². The van der Waals surface area contributed by atoms with Crippen LogP contribution in [0.1, 0.15) is 59.8 Å². The smallest absolute Gasteiger partial charge is 0.302 e. The highest BCUT2D eigenvalue weighted by Gasteiger charge is 2.31. The number of carbonyl (C=O) groups is 4. The summed E-state index contributed by atoms with van der Waals surface area (Å²) in [6.07, 6.45) is 2.31. The van der Waals surface area contributed by atoms with E-state index in [1.807, 2.05) is 25.7 Å². The SMILES string of the molecule is CC(=O)OCC1CN(C(=O)CCCCC(=O)NN)CCN1CC(=O)CC(C)(C)C. The van der Waals surface area contributed by atoms with E-state index < -0.39 is 0 Å². The second-order valence-corrected chi connectivity index (χ2v) is 8.82. The number of carbonyl (C=O) groups excluding carboxylic acids is 4. The molecule has 0 bridgehead atoms. The molecule has 1 saturated heterocycles. The highest BCUT2D eigenvalue weighted by Crippen LogP contribution is 2.20. The van der Waals surface area contributed by atoms with Crippen molar-refractivity contribution < 1.29 is 23.9 Å². The number of unbranched alkanes of at least 4 members (excludes halogenated alkanes) is 1. The molecule has 3 N–H and O–H groups in total. The molecule has 0 aromatic carbocycles. The van der Waals surface area contributed by atoms with Gasteiger partial charge < -0.3 is 9.64 Å². The van der Waals surface area contributed by atoms with Crippen molar-refractivity contribution >= 4 is 23.6 Å². The Bertz CT molecular complexity index is 588. The van der Waals surface area contributed by atoms with Crippen molar-refractivity contribution in [3.63, 3.8) is 0 Å². The fraction of sp³-hybridized carbons (Fsp3) is 0.800. The molecule has 9 heteroatoms. The Labute approximate surface area is 173 Å². The summed E-state index contributed by atoms with van der Waals surface area (Å²) in [4.78, 5) is 51.1. The maximum absolute atomic E-state index is 12.5. The molecule has 1 aliphatic heterocycles. The van der Waals surface area contributed by atoms with E-state index in [0.717, 1.165) is 0 Å². The van der Waals surface area contributed by atoms with Gasteiger partial charge in [0.05, 0.1) is 12.6 Å². The predicted molar refractivity (Wildman–Crippen MR) is 108 cm³/mol. The van der Waals surface area contributed by atoms with Crippen molar-refractivity contribution in [1.82, 2.24) is 15.2 Å². The minimum absolute atomic E-state index is 0.00616. The lowest BCUT2D eigenvalue weighted by molar-refractivity contribution is -0.145. The lowest BCUT2D eigenvalue weighted by Gasteiger charge is -2.41. The fourth-order valence-electron chi connectivity index (χ4n) is 3.37. The van der Waals surface area contributed by atoms with E-state index in [0.29, 0.717) is 58.3 Å². The van der Waals surface area contributed by atoms with Gasteiger partial charge in [0.15, 0.2) is 0 Å². The number of ketones is 1. The van der Waals surface area contributed by atoms with Gasteiger partial charge in [-0.3, -0.25) is 29.5 Å². The van der Waals surface area contributed by atoms with Crippen LogP contribution in [0.5, 0.6) is 0 Å². The minimum atomic E-state index is -0.382. The fourth-order valence-corrected chi connectivity index (χ4v) is 3.37. The number of amides is 2. The lowest BCUT2D eigenvalue weighted by atomic mass is 9.89. The van der Waals surface area contributed by atoms with Crippen LogP contribution in [0.15, 0.2) is 0 Å². The zero-order valence-electron chi connectivity index (χ0n) is 18.2. The summed E-state index contributed by atoms with van der Waals surface area (Å²) in [7, 11) is 0. The number of Topliss-reactive ketones (excluding diaryl/α,β-unsaturated/α-hetero) is 1. The van der Waals surface area contributed by atoms with Gasteiger partial charge in [-0.1, -0.05) is 20.8 Å². The molecule has 1 aliphatic rings.